The topological polar surface area (TPSA) is 79.7 Å². The van der Waals surface area contributed by atoms with Crippen molar-refractivity contribution in [3.63, 3.8) is 0 Å². The quantitative estimate of drug-likeness (QED) is 0.241. The molecule has 0 atom stereocenters. The van der Waals surface area contributed by atoms with Crippen LogP contribution in [0.2, 0.25) is 0 Å². The summed E-state index contributed by atoms with van der Waals surface area (Å²) >= 11 is 0. The molecular weight excluding hydrogens is 426 g/mol. The number of hydrogen-bond acceptors (Lipinski definition) is 5. The Kier molecular flexibility index (Phi) is 6.74. The Balaban J connectivity index is 1.52. The number of aliphatic hydroxyl groups is 1. The van der Waals surface area contributed by atoms with Crippen LogP contribution in [0.4, 0.5) is 0 Å². The maximum atomic E-state index is 11.9. The lowest BCUT2D eigenvalue weighted by Gasteiger charge is -2.15. The average molecular weight is 452 g/mol. The second-order valence-corrected chi connectivity index (χ2v) is 8.06. The second kappa shape index (κ2) is 10.0. The summed E-state index contributed by atoms with van der Waals surface area (Å²) in [6.07, 6.45) is 4.00. The zero-order valence-corrected chi connectivity index (χ0v) is 18.9. The molecule has 0 unspecified atom stereocenters. The molecule has 34 heavy (non-hydrogen) atoms. The van der Waals surface area contributed by atoms with Crippen molar-refractivity contribution >= 4 is 11.5 Å². The van der Waals surface area contributed by atoms with Crippen LogP contribution in [0.1, 0.15) is 39.5 Å². The number of aromatic hydroxyl groups is 1. The first-order valence-corrected chi connectivity index (χ1v) is 10.9. The Morgan fingerprint density at radius 1 is 0.971 bits per heavy atom. The van der Waals surface area contributed by atoms with Gasteiger partial charge in [0, 0.05) is 23.5 Å². The molecule has 170 valence electrons. The molecule has 0 radical (unpaired) electrons. The van der Waals surface area contributed by atoms with Gasteiger partial charge < -0.3 is 14.9 Å². The molecule has 0 bridgehead atoms. The number of hydrogen-bond donors (Lipinski definition) is 2. The number of Topliss-reactive ketones (excluding diaryl/α,β-unsaturated/α-hetero) is 1. The molecule has 5 nitrogen and oxygen atoms in total. The zero-order chi connectivity index (χ0) is 24.1. The molecule has 1 heterocycles. The fourth-order valence-electron chi connectivity index (χ4n) is 3.78. The summed E-state index contributed by atoms with van der Waals surface area (Å²) in [6, 6.07) is 22.6. The van der Waals surface area contributed by atoms with Crippen LogP contribution in [-0.4, -0.2) is 21.0 Å². The number of carbonyl (C=O) groups is 1. The number of rotatable bonds is 8. The van der Waals surface area contributed by atoms with E-state index in [-0.39, 0.29) is 22.9 Å². The van der Waals surface area contributed by atoms with Gasteiger partial charge in [-0.1, -0.05) is 55.1 Å². The van der Waals surface area contributed by atoms with Crippen molar-refractivity contribution in [1.29, 1.82) is 0 Å². The van der Waals surface area contributed by atoms with Gasteiger partial charge >= 0.3 is 0 Å². The van der Waals surface area contributed by atoms with Crippen LogP contribution in [0.25, 0.3) is 16.9 Å². The minimum Gasteiger partial charge on any atom is -0.508 e. The van der Waals surface area contributed by atoms with E-state index < -0.39 is 0 Å². The molecule has 5 heteroatoms. The number of benzene rings is 3. The third-order valence-electron chi connectivity index (χ3n) is 5.55. The standard InChI is InChI=1S/C29H25NO4/c1-19(31)24-6-3-5-23(16-24)15-21-8-10-22(11-9-21)18-34-27-13-12-26(20(2)32)29(33)28(27)25-7-4-14-30-17-25/h3-14,16-17,31,33H,1,15,18H2,2H3. The summed E-state index contributed by atoms with van der Waals surface area (Å²) in [7, 11) is 0. The number of ether oxygens (including phenoxy) is 1. The lowest BCUT2D eigenvalue weighted by Crippen LogP contribution is -2.01. The number of aliphatic hydroxyl groups excluding tert-OH is 1. The largest absolute Gasteiger partial charge is 0.508 e. The molecule has 0 aliphatic rings. The van der Waals surface area contributed by atoms with Crippen molar-refractivity contribution < 1.29 is 19.7 Å². The van der Waals surface area contributed by atoms with E-state index >= 15 is 0 Å². The minimum absolute atomic E-state index is 0.0578. The van der Waals surface area contributed by atoms with Crippen molar-refractivity contribution in [3.05, 3.63) is 120 Å². The van der Waals surface area contributed by atoms with E-state index in [9.17, 15) is 15.0 Å². The third kappa shape index (κ3) is 5.15. The number of ketones is 1. The zero-order valence-electron chi connectivity index (χ0n) is 18.9. The molecule has 0 saturated carbocycles. The van der Waals surface area contributed by atoms with Crippen molar-refractivity contribution in [2.45, 2.75) is 20.0 Å². The number of pyridine rings is 1. The highest BCUT2D eigenvalue weighted by Gasteiger charge is 2.18. The fourth-order valence-corrected chi connectivity index (χ4v) is 3.78. The molecule has 0 saturated heterocycles. The van der Waals surface area contributed by atoms with E-state index in [0.29, 0.717) is 29.0 Å². The number of phenolic OH excluding ortho intramolecular Hbond substituents is 1. The SMILES string of the molecule is C=C(O)c1cccc(Cc2ccc(COc3ccc(C(C)=O)c(O)c3-c3cccnc3)cc2)c1. The van der Waals surface area contributed by atoms with Gasteiger partial charge in [-0.3, -0.25) is 9.78 Å². The lowest BCUT2D eigenvalue weighted by atomic mass is 9.99. The molecule has 0 amide bonds. The molecule has 0 aliphatic heterocycles. The summed E-state index contributed by atoms with van der Waals surface area (Å²) in [4.78, 5) is 16.0. The van der Waals surface area contributed by atoms with Crippen molar-refractivity contribution in [2.24, 2.45) is 0 Å². The highest BCUT2D eigenvalue weighted by atomic mass is 16.5. The normalized spacial score (nSPS) is 10.6. The van der Waals surface area contributed by atoms with Crippen molar-refractivity contribution in [3.8, 4) is 22.6 Å². The molecular formula is C29H25NO4. The van der Waals surface area contributed by atoms with Crippen LogP contribution < -0.4 is 4.74 Å². The second-order valence-electron chi connectivity index (χ2n) is 8.06. The number of carbonyl (C=O) groups excluding carboxylic acids is 1. The van der Waals surface area contributed by atoms with Gasteiger partial charge in [0.15, 0.2) is 5.78 Å². The van der Waals surface area contributed by atoms with Crippen molar-refractivity contribution in [1.82, 2.24) is 4.98 Å². The van der Waals surface area contributed by atoms with E-state index in [1.165, 1.54) is 6.92 Å². The maximum Gasteiger partial charge on any atom is 0.163 e. The predicted octanol–water partition coefficient (Wildman–Crippen LogP) is 6.36. The van der Waals surface area contributed by atoms with Gasteiger partial charge in [0.05, 0.1) is 11.1 Å². The number of phenols is 1. The van der Waals surface area contributed by atoms with E-state index in [1.807, 2.05) is 54.6 Å². The predicted molar refractivity (Wildman–Crippen MR) is 133 cm³/mol. The van der Waals surface area contributed by atoms with Gasteiger partial charge in [0.2, 0.25) is 0 Å². The fraction of sp³-hybridized carbons (Fsp3) is 0.103. The van der Waals surface area contributed by atoms with Gasteiger partial charge in [-0.2, -0.15) is 0 Å². The van der Waals surface area contributed by atoms with Crippen LogP contribution in [0, 0.1) is 0 Å². The van der Waals surface area contributed by atoms with Crippen LogP contribution in [0.3, 0.4) is 0 Å². The van der Waals surface area contributed by atoms with Crippen LogP contribution in [0.5, 0.6) is 11.5 Å². The van der Waals surface area contributed by atoms with Gasteiger partial charge in [-0.05, 0) is 54.3 Å². The molecule has 3 aromatic carbocycles. The first kappa shape index (κ1) is 22.8. The van der Waals surface area contributed by atoms with Crippen molar-refractivity contribution in [2.75, 3.05) is 0 Å². The van der Waals surface area contributed by atoms with E-state index in [1.54, 1.807) is 30.6 Å². The summed E-state index contributed by atoms with van der Waals surface area (Å²) in [5.41, 5.74) is 5.25. The van der Waals surface area contributed by atoms with Gasteiger partial charge in [-0.25, -0.2) is 0 Å². The molecule has 4 rings (SSSR count). The number of aromatic nitrogens is 1. The smallest absolute Gasteiger partial charge is 0.163 e. The summed E-state index contributed by atoms with van der Waals surface area (Å²) in [5, 5.41) is 20.4. The monoisotopic (exact) mass is 451 g/mol. The highest BCUT2D eigenvalue weighted by Crippen LogP contribution is 2.40. The Morgan fingerprint density at radius 3 is 2.41 bits per heavy atom. The number of nitrogens with zero attached hydrogens (tertiary/aromatic N) is 1. The first-order chi connectivity index (χ1) is 16.4. The van der Waals surface area contributed by atoms with E-state index in [0.717, 1.165) is 23.1 Å². The van der Waals surface area contributed by atoms with E-state index in [4.69, 9.17) is 4.74 Å². The van der Waals surface area contributed by atoms with Gasteiger partial charge in [0.25, 0.3) is 0 Å². The molecule has 1 aromatic heterocycles. The minimum atomic E-state index is -0.224. The third-order valence-corrected chi connectivity index (χ3v) is 5.55. The Morgan fingerprint density at radius 2 is 1.74 bits per heavy atom. The molecule has 0 fully saturated rings. The molecule has 2 N–H and O–H groups in total. The van der Waals surface area contributed by atoms with Crippen LogP contribution >= 0.6 is 0 Å². The first-order valence-electron chi connectivity index (χ1n) is 10.9. The summed E-state index contributed by atoms with van der Waals surface area (Å²) < 4.78 is 6.06. The van der Waals surface area contributed by atoms with Gasteiger partial charge in [-0.15, -0.1) is 0 Å². The average Bonchev–Trinajstić information content (AvgIpc) is 2.84. The Labute approximate surface area is 198 Å². The van der Waals surface area contributed by atoms with E-state index in [2.05, 4.69) is 11.6 Å². The van der Waals surface area contributed by atoms with Crippen LogP contribution in [-0.2, 0) is 13.0 Å². The Bertz CT molecular complexity index is 1330. The molecule has 0 spiro atoms. The van der Waals surface area contributed by atoms with Crippen LogP contribution in [0.15, 0.2) is 91.8 Å². The van der Waals surface area contributed by atoms with Gasteiger partial charge in [0.1, 0.15) is 23.9 Å². The maximum absolute atomic E-state index is 11.9. The highest BCUT2D eigenvalue weighted by molar-refractivity contribution is 6.00. The summed E-state index contributed by atoms with van der Waals surface area (Å²) in [6.45, 7) is 5.30. The molecule has 4 aromatic rings. The Hall–Kier alpha value is -4.38. The molecule has 0 aliphatic carbocycles. The lowest BCUT2D eigenvalue weighted by molar-refractivity contribution is 0.101. The summed E-state index contributed by atoms with van der Waals surface area (Å²) in [5.74, 6) is 0.197.